The lowest BCUT2D eigenvalue weighted by molar-refractivity contribution is 0.0690. The van der Waals surface area contributed by atoms with Gasteiger partial charge in [0.25, 0.3) is 0 Å². The molecule has 112 valence electrons. The fourth-order valence-electron chi connectivity index (χ4n) is 1.97. The van der Waals surface area contributed by atoms with Crippen LogP contribution in [0.5, 0.6) is 11.5 Å². The molecule has 1 aromatic heterocycles. The van der Waals surface area contributed by atoms with Crippen molar-refractivity contribution in [3.63, 3.8) is 0 Å². The van der Waals surface area contributed by atoms with Gasteiger partial charge in [0.05, 0.1) is 23.5 Å². The summed E-state index contributed by atoms with van der Waals surface area (Å²) in [5.41, 5.74) is 1.39. The SMILES string of the molecule is COc1cccc(C(=O)O)c1OCc1c(Cl)c(C)nn1C. The van der Waals surface area contributed by atoms with Crippen LogP contribution in [-0.4, -0.2) is 28.0 Å². The molecule has 2 aromatic rings. The molecule has 0 aliphatic rings. The molecule has 21 heavy (non-hydrogen) atoms. The van der Waals surface area contributed by atoms with E-state index in [2.05, 4.69) is 5.10 Å². The maximum atomic E-state index is 11.3. The summed E-state index contributed by atoms with van der Waals surface area (Å²) in [7, 11) is 3.20. The Balaban J connectivity index is 2.33. The highest BCUT2D eigenvalue weighted by Crippen LogP contribution is 2.32. The smallest absolute Gasteiger partial charge is 0.339 e. The number of para-hydroxylation sites is 1. The number of methoxy groups -OCH3 is 1. The van der Waals surface area contributed by atoms with Gasteiger partial charge in [0.2, 0.25) is 0 Å². The molecule has 1 N–H and O–H groups in total. The average Bonchev–Trinajstić information content (AvgIpc) is 2.69. The number of rotatable bonds is 5. The van der Waals surface area contributed by atoms with E-state index in [1.165, 1.54) is 13.2 Å². The van der Waals surface area contributed by atoms with E-state index in [4.69, 9.17) is 21.1 Å². The molecule has 7 heteroatoms. The van der Waals surface area contributed by atoms with Crippen molar-refractivity contribution in [1.82, 2.24) is 9.78 Å². The maximum Gasteiger partial charge on any atom is 0.339 e. The highest BCUT2D eigenvalue weighted by molar-refractivity contribution is 6.31. The molecule has 0 aliphatic heterocycles. The lowest BCUT2D eigenvalue weighted by Gasteiger charge is -2.13. The molecule has 0 bridgehead atoms. The molecule has 0 amide bonds. The molecular weight excluding hydrogens is 296 g/mol. The van der Waals surface area contributed by atoms with E-state index >= 15 is 0 Å². The zero-order chi connectivity index (χ0) is 15.6. The fourth-order valence-corrected chi connectivity index (χ4v) is 2.19. The van der Waals surface area contributed by atoms with Crippen LogP contribution in [0, 0.1) is 6.92 Å². The van der Waals surface area contributed by atoms with Crippen molar-refractivity contribution in [2.75, 3.05) is 7.11 Å². The van der Waals surface area contributed by atoms with Gasteiger partial charge in [0.15, 0.2) is 11.5 Å². The third-order valence-corrected chi connectivity index (χ3v) is 3.54. The standard InChI is InChI=1S/C14H15ClN2O4/c1-8-12(15)10(17(2)16-8)7-21-13-9(14(18)19)5-4-6-11(13)20-3/h4-6H,7H2,1-3H3,(H,18,19). The number of nitrogens with zero attached hydrogens (tertiary/aromatic N) is 2. The third kappa shape index (κ3) is 2.95. The molecule has 0 unspecified atom stereocenters. The molecule has 0 spiro atoms. The summed E-state index contributed by atoms with van der Waals surface area (Å²) >= 11 is 6.15. The second kappa shape index (κ2) is 6.05. The Labute approximate surface area is 126 Å². The summed E-state index contributed by atoms with van der Waals surface area (Å²) in [6.45, 7) is 1.88. The van der Waals surface area contributed by atoms with Crippen LogP contribution in [0.4, 0.5) is 0 Å². The Bertz CT molecular complexity index is 682. The van der Waals surface area contributed by atoms with Crippen LogP contribution in [0.2, 0.25) is 5.02 Å². The first-order chi connectivity index (χ1) is 9.95. The van der Waals surface area contributed by atoms with Crippen LogP contribution < -0.4 is 9.47 Å². The minimum Gasteiger partial charge on any atom is -0.493 e. The number of hydrogen-bond donors (Lipinski definition) is 1. The number of hydrogen-bond acceptors (Lipinski definition) is 4. The molecule has 1 heterocycles. The minimum atomic E-state index is -1.09. The molecule has 0 aliphatic carbocycles. The van der Waals surface area contributed by atoms with E-state index in [0.717, 1.165) is 0 Å². The lowest BCUT2D eigenvalue weighted by atomic mass is 10.2. The van der Waals surface area contributed by atoms with Crippen LogP contribution in [0.25, 0.3) is 0 Å². The van der Waals surface area contributed by atoms with Gasteiger partial charge in [-0.15, -0.1) is 0 Å². The van der Waals surface area contributed by atoms with Gasteiger partial charge >= 0.3 is 5.97 Å². The molecule has 0 fully saturated rings. The predicted molar refractivity (Wildman–Crippen MR) is 77.2 cm³/mol. The molecule has 0 saturated carbocycles. The minimum absolute atomic E-state index is 0.0318. The number of carboxylic acids is 1. The summed E-state index contributed by atoms with van der Waals surface area (Å²) in [6.07, 6.45) is 0. The van der Waals surface area contributed by atoms with Crippen LogP contribution in [-0.2, 0) is 13.7 Å². The van der Waals surface area contributed by atoms with Gasteiger partial charge in [0.1, 0.15) is 12.2 Å². The number of benzene rings is 1. The Morgan fingerprint density at radius 1 is 1.48 bits per heavy atom. The van der Waals surface area contributed by atoms with Crippen molar-refractivity contribution >= 4 is 17.6 Å². The number of halogens is 1. The van der Waals surface area contributed by atoms with Gasteiger partial charge in [-0.1, -0.05) is 17.7 Å². The van der Waals surface area contributed by atoms with Crippen LogP contribution in [0.15, 0.2) is 18.2 Å². The molecule has 0 atom stereocenters. The summed E-state index contributed by atoms with van der Waals surface area (Å²) in [4.78, 5) is 11.3. The zero-order valence-electron chi connectivity index (χ0n) is 11.9. The quantitative estimate of drug-likeness (QED) is 0.919. The first kappa shape index (κ1) is 15.2. The van der Waals surface area contributed by atoms with Gasteiger partial charge in [-0.25, -0.2) is 4.79 Å². The van der Waals surface area contributed by atoms with Crippen molar-refractivity contribution < 1.29 is 19.4 Å². The van der Waals surface area contributed by atoms with Crippen molar-refractivity contribution in [2.24, 2.45) is 7.05 Å². The highest BCUT2D eigenvalue weighted by Gasteiger charge is 2.18. The zero-order valence-corrected chi connectivity index (χ0v) is 12.6. The fraction of sp³-hybridized carbons (Fsp3) is 0.286. The first-order valence-corrected chi connectivity index (χ1v) is 6.54. The molecule has 0 radical (unpaired) electrons. The molecule has 1 aromatic carbocycles. The normalized spacial score (nSPS) is 10.5. The van der Waals surface area contributed by atoms with Crippen molar-refractivity contribution in [3.05, 3.63) is 40.2 Å². The summed E-state index contributed by atoms with van der Waals surface area (Å²) in [5.74, 6) is -0.566. The van der Waals surface area contributed by atoms with Crippen molar-refractivity contribution in [1.29, 1.82) is 0 Å². The van der Waals surface area contributed by atoms with E-state index in [1.54, 1.807) is 30.8 Å². The Morgan fingerprint density at radius 3 is 2.71 bits per heavy atom. The number of aryl methyl sites for hydroxylation is 2. The molecule has 2 rings (SSSR count). The Hall–Kier alpha value is -2.21. The predicted octanol–water partition coefficient (Wildman–Crippen LogP) is 2.67. The third-order valence-electron chi connectivity index (χ3n) is 3.04. The van der Waals surface area contributed by atoms with Crippen molar-refractivity contribution in [2.45, 2.75) is 13.5 Å². The number of aromatic carboxylic acids is 1. The molecular formula is C14H15ClN2O4. The lowest BCUT2D eigenvalue weighted by Crippen LogP contribution is -2.08. The molecule has 6 nitrogen and oxygen atoms in total. The van der Waals surface area contributed by atoms with E-state index in [-0.39, 0.29) is 17.9 Å². The number of ether oxygens (including phenoxy) is 2. The second-order valence-corrected chi connectivity index (χ2v) is 4.78. The average molecular weight is 311 g/mol. The van der Waals surface area contributed by atoms with E-state index < -0.39 is 5.97 Å². The summed E-state index contributed by atoms with van der Waals surface area (Å²) in [6, 6.07) is 4.69. The first-order valence-electron chi connectivity index (χ1n) is 6.16. The summed E-state index contributed by atoms with van der Waals surface area (Å²) < 4.78 is 12.4. The Kier molecular flexibility index (Phi) is 4.37. The highest BCUT2D eigenvalue weighted by atomic mass is 35.5. The largest absolute Gasteiger partial charge is 0.493 e. The second-order valence-electron chi connectivity index (χ2n) is 4.40. The van der Waals surface area contributed by atoms with Gasteiger partial charge in [-0.05, 0) is 19.1 Å². The van der Waals surface area contributed by atoms with Crippen molar-refractivity contribution in [3.8, 4) is 11.5 Å². The Morgan fingerprint density at radius 2 is 2.19 bits per heavy atom. The number of carbonyl (C=O) groups is 1. The van der Waals surface area contributed by atoms with E-state index in [0.29, 0.717) is 22.2 Å². The van der Waals surface area contributed by atoms with Gasteiger partial charge < -0.3 is 14.6 Å². The van der Waals surface area contributed by atoms with Crippen LogP contribution in [0.3, 0.4) is 0 Å². The van der Waals surface area contributed by atoms with Crippen LogP contribution in [0.1, 0.15) is 21.7 Å². The monoisotopic (exact) mass is 310 g/mol. The topological polar surface area (TPSA) is 73.6 Å². The van der Waals surface area contributed by atoms with E-state index in [1.807, 2.05) is 0 Å². The molecule has 0 saturated heterocycles. The van der Waals surface area contributed by atoms with Crippen LogP contribution >= 0.6 is 11.6 Å². The van der Waals surface area contributed by atoms with Gasteiger partial charge in [-0.3, -0.25) is 4.68 Å². The summed E-state index contributed by atoms with van der Waals surface area (Å²) in [5, 5.41) is 13.9. The van der Waals surface area contributed by atoms with Gasteiger partial charge in [0, 0.05) is 7.05 Å². The maximum absolute atomic E-state index is 11.3. The number of aromatic nitrogens is 2. The number of carboxylic acid groups (broad SMARTS) is 1. The van der Waals surface area contributed by atoms with Gasteiger partial charge in [-0.2, -0.15) is 5.10 Å². The van der Waals surface area contributed by atoms with E-state index in [9.17, 15) is 9.90 Å².